The summed E-state index contributed by atoms with van der Waals surface area (Å²) in [4.78, 5) is 10.7. The first-order valence-electron chi connectivity index (χ1n) is 4.99. The van der Waals surface area contributed by atoms with E-state index in [1.165, 1.54) is 23.9 Å². The average Bonchev–Trinajstić information content (AvgIpc) is 2.28. The van der Waals surface area contributed by atoms with Gasteiger partial charge in [0.1, 0.15) is 6.07 Å². The Labute approximate surface area is 103 Å². The molecule has 1 N–H and O–H groups in total. The number of nitro groups is 1. The molecule has 0 radical (unpaired) electrons. The summed E-state index contributed by atoms with van der Waals surface area (Å²) in [6, 6.07) is 6.08. The van der Waals surface area contributed by atoms with E-state index in [9.17, 15) is 15.2 Å². The van der Waals surface area contributed by atoms with E-state index in [-0.39, 0.29) is 16.5 Å². The van der Waals surface area contributed by atoms with Crippen molar-refractivity contribution in [1.29, 1.82) is 5.26 Å². The van der Waals surface area contributed by atoms with Crippen molar-refractivity contribution in [3.63, 3.8) is 0 Å². The van der Waals surface area contributed by atoms with Crippen molar-refractivity contribution in [2.24, 2.45) is 0 Å². The molecule has 0 fully saturated rings. The quantitative estimate of drug-likeness (QED) is 0.505. The van der Waals surface area contributed by atoms with E-state index in [1.54, 1.807) is 13.0 Å². The van der Waals surface area contributed by atoms with Crippen LogP contribution in [-0.2, 0) is 0 Å². The Kier molecular flexibility index (Phi) is 4.49. The van der Waals surface area contributed by atoms with E-state index >= 15 is 0 Å². The Hall–Kier alpha value is -1.58. The van der Waals surface area contributed by atoms with Crippen LogP contribution in [0, 0.1) is 21.4 Å². The zero-order valence-electron chi connectivity index (χ0n) is 9.45. The Morgan fingerprint density at radius 2 is 2.18 bits per heavy atom. The SMILES string of the molecule is CC(O)C(C)Sc1ccc([N+](=O)[O-])cc1C#N. The number of aliphatic hydroxyl groups excluding tert-OH is 1. The summed E-state index contributed by atoms with van der Waals surface area (Å²) in [5, 5.41) is 28.8. The predicted molar refractivity (Wildman–Crippen MR) is 64.8 cm³/mol. The van der Waals surface area contributed by atoms with Gasteiger partial charge in [-0.05, 0) is 13.0 Å². The summed E-state index contributed by atoms with van der Waals surface area (Å²) >= 11 is 1.33. The highest BCUT2D eigenvalue weighted by atomic mass is 32.2. The average molecular weight is 252 g/mol. The van der Waals surface area contributed by atoms with Gasteiger partial charge in [-0.3, -0.25) is 10.1 Å². The number of non-ortho nitro benzene ring substituents is 1. The lowest BCUT2D eigenvalue weighted by Gasteiger charge is -2.14. The highest BCUT2D eigenvalue weighted by Gasteiger charge is 2.15. The molecule has 1 rings (SSSR count). The van der Waals surface area contributed by atoms with Gasteiger partial charge in [0.05, 0.1) is 16.6 Å². The number of aliphatic hydroxyl groups is 1. The van der Waals surface area contributed by atoms with Crippen molar-refractivity contribution in [2.75, 3.05) is 0 Å². The van der Waals surface area contributed by atoms with E-state index in [0.29, 0.717) is 4.90 Å². The van der Waals surface area contributed by atoms with Gasteiger partial charge in [0, 0.05) is 22.3 Å². The van der Waals surface area contributed by atoms with Crippen LogP contribution in [0.25, 0.3) is 0 Å². The van der Waals surface area contributed by atoms with Crippen LogP contribution in [0.3, 0.4) is 0 Å². The van der Waals surface area contributed by atoms with Crippen LogP contribution in [0.15, 0.2) is 23.1 Å². The number of hydrogen-bond donors (Lipinski definition) is 1. The number of rotatable bonds is 4. The summed E-state index contributed by atoms with van der Waals surface area (Å²) in [5.74, 6) is 0. The maximum Gasteiger partial charge on any atom is 0.270 e. The van der Waals surface area contributed by atoms with Crippen molar-refractivity contribution in [3.05, 3.63) is 33.9 Å². The van der Waals surface area contributed by atoms with Crippen molar-refractivity contribution < 1.29 is 10.0 Å². The molecule has 5 nitrogen and oxygen atoms in total. The lowest BCUT2D eigenvalue weighted by atomic mass is 10.2. The zero-order valence-corrected chi connectivity index (χ0v) is 10.3. The van der Waals surface area contributed by atoms with Gasteiger partial charge < -0.3 is 5.11 Å². The van der Waals surface area contributed by atoms with Crippen molar-refractivity contribution in [3.8, 4) is 6.07 Å². The molecule has 1 aromatic carbocycles. The molecule has 0 bridgehead atoms. The first kappa shape index (κ1) is 13.5. The Bertz CT molecular complexity index is 468. The van der Waals surface area contributed by atoms with Gasteiger partial charge in [-0.25, -0.2) is 0 Å². The van der Waals surface area contributed by atoms with Crippen LogP contribution in [-0.4, -0.2) is 21.4 Å². The molecular formula is C11H12N2O3S. The van der Waals surface area contributed by atoms with Gasteiger partial charge in [0.15, 0.2) is 0 Å². The first-order valence-corrected chi connectivity index (χ1v) is 5.87. The van der Waals surface area contributed by atoms with Gasteiger partial charge >= 0.3 is 0 Å². The molecule has 0 aromatic heterocycles. The minimum atomic E-state index is -0.534. The third-order valence-corrected chi connectivity index (χ3v) is 3.66. The van der Waals surface area contributed by atoms with Gasteiger partial charge in [0.25, 0.3) is 5.69 Å². The molecule has 0 aliphatic carbocycles. The summed E-state index contributed by atoms with van der Waals surface area (Å²) in [7, 11) is 0. The van der Waals surface area contributed by atoms with Crippen LogP contribution in [0.2, 0.25) is 0 Å². The number of nitrogens with zero attached hydrogens (tertiary/aromatic N) is 2. The molecule has 0 aliphatic rings. The number of thioether (sulfide) groups is 1. The third-order valence-electron chi connectivity index (χ3n) is 2.29. The van der Waals surface area contributed by atoms with Crippen molar-refractivity contribution >= 4 is 17.4 Å². The van der Waals surface area contributed by atoms with Crippen molar-refractivity contribution in [1.82, 2.24) is 0 Å². The highest BCUT2D eigenvalue weighted by molar-refractivity contribution is 8.00. The molecule has 0 heterocycles. The molecule has 0 amide bonds. The summed E-state index contributed by atoms with van der Waals surface area (Å²) < 4.78 is 0. The fourth-order valence-corrected chi connectivity index (χ4v) is 2.10. The summed E-state index contributed by atoms with van der Waals surface area (Å²) in [5.41, 5.74) is 0.160. The smallest absolute Gasteiger partial charge is 0.270 e. The normalized spacial score (nSPS) is 13.8. The van der Waals surface area contributed by atoms with Crippen LogP contribution in [0.4, 0.5) is 5.69 Å². The van der Waals surface area contributed by atoms with Gasteiger partial charge in [0.2, 0.25) is 0 Å². The lowest BCUT2D eigenvalue weighted by molar-refractivity contribution is -0.384. The minimum absolute atomic E-state index is 0.0800. The number of benzene rings is 1. The van der Waals surface area contributed by atoms with Crippen LogP contribution in [0.5, 0.6) is 0 Å². The highest BCUT2D eigenvalue weighted by Crippen LogP contribution is 2.30. The van der Waals surface area contributed by atoms with E-state index in [1.807, 2.05) is 13.0 Å². The van der Waals surface area contributed by atoms with E-state index < -0.39 is 11.0 Å². The topological polar surface area (TPSA) is 87.2 Å². The fraction of sp³-hybridized carbons (Fsp3) is 0.364. The number of nitriles is 1. The molecular weight excluding hydrogens is 240 g/mol. The van der Waals surface area contributed by atoms with Crippen molar-refractivity contribution in [2.45, 2.75) is 30.1 Å². The maximum absolute atomic E-state index is 10.6. The molecule has 90 valence electrons. The minimum Gasteiger partial charge on any atom is -0.392 e. The second kappa shape index (κ2) is 5.66. The number of hydrogen-bond acceptors (Lipinski definition) is 5. The second-order valence-electron chi connectivity index (χ2n) is 3.61. The van der Waals surface area contributed by atoms with Crippen LogP contribution >= 0.6 is 11.8 Å². The molecule has 6 heteroatoms. The second-order valence-corrected chi connectivity index (χ2v) is 5.03. The predicted octanol–water partition coefficient (Wildman–Crippen LogP) is 2.33. The summed E-state index contributed by atoms with van der Waals surface area (Å²) in [6.07, 6.45) is -0.512. The molecule has 0 spiro atoms. The molecule has 0 aliphatic heterocycles. The van der Waals surface area contributed by atoms with Gasteiger partial charge in [-0.1, -0.05) is 6.92 Å². The fourth-order valence-electron chi connectivity index (χ4n) is 1.12. The Morgan fingerprint density at radius 1 is 1.53 bits per heavy atom. The monoisotopic (exact) mass is 252 g/mol. The standard InChI is InChI=1S/C11H12N2O3S/c1-7(14)8(2)17-11-4-3-10(13(15)16)5-9(11)6-12/h3-5,7-8,14H,1-2H3. The van der Waals surface area contributed by atoms with Gasteiger partial charge in [-0.2, -0.15) is 5.26 Å². The number of nitro benzene ring substituents is 1. The molecule has 17 heavy (non-hydrogen) atoms. The molecule has 0 saturated carbocycles. The van der Waals surface area contributed by atoms with Crippen LogP contribution in [0.1, 0.15) is 19.4 Å². The lowest BCUT2D eigenvalue weighted by Crippen LogP contribution is -2.15. The maximum atomic E-state index is 10.6. The first-order chi connectivity index (χ1) is 7.95. The molecule has 1 aromatic rings. The van der Waals surface area contributed by atoms with E-state index in [0.717, 1.165) is 0 Å². The summed E-state index contributed by atoms with van der Waals surface area (Å²) in [6.45, 7) is 3.49. The van der Waals surface area contributed by atoms with Crippen LogP contribution < -0.4 is 0 Å². The molecule has 2 atom stereocenters. The third kappa shape index (κ3) is 3.44. The molecule has 0 saturated heterocycles. The molecule has 2 unspecified atom stereocenters. The van der Waals surface area contributed by atoms with E-state index in [4.69, 9.17) is 5.26 Å². The van der Waals surface area contributed by atoms with E-state index in [2.05, 4.69) is 0 Å². The largest absolute Gasteiger partial charge is 0.392 e. The van der Waals surface area contributed by atoms with Gasteiger partial charge in [-0.15, -0.1) is 11.8 Å². The Balaban J connectivity index is 3.02. The Morgan fingerprint density at radius 3 is 2.65 bits per heavy atom. The zero-order chi connectivity index (χ0) is 13.0.